The zero-order valence-corrected chi connectivity index (χ0v) is 11.1. The number of nitrogen functional groups attached to an aromatic ring is 1. The maximum Gasteiger partial charge on any atom is 0.149 e. The van der Waals surface area contributed by atoms with Crippen molar-refractivity contribution >= 4 is 34.8 Å². The molecule has 2 rings (SSSR count). The Hall–Kier alpha value is -0.710. The van der Waals surface area contributed by atoms with Crippen molar-refractivity contribution in [2.24, 2.45) is 5.92 Å². The quantitative estimate of drug-likeness (QED) is 0.921. The SMILES string of the molecule is COCC1CCN(c2nc(N)c(Cl)cc2Cl)C1. The van der Waals surface area contributed by atoms with E-state index in [4.69, 9.17) is 33.7 Å². The van der Waals surface area contributed by atoms with Gasteiger partial charge in [0.25, 0.3) is 0 Å². The van der Waals surface area contributed by atoms with E-state index >= 15 is 0 Å². The first-order chi connectivity index (χ1) is 8.11. The summed E-state index contributed by atoms with van der Waals surface area (Å²) in [5.74, 6) is 1.56. The van der Waals surface area contributed by atoms with E-state index in [1.807, 2.05) is 0 Å². The number of anilines is 2. The minimum atomic E-state index is 0.321. The number of rotatable bonds is 3. The third-order valence-electron chi connectivity index (χ3n) is 2.93. The number of hydrogen-bond acceptors (Lipinski definition) is 4. The highest BCUT2D eigenvalue weighted by molar-refractivity contribution is 6.37. The molecule has 0 saturated carbocycles. The fourth-order valence-corrected chi connectivity index (χ4v) is 2.57. The van der Waals surface area contributed by atoms with Crippen molar-refractivity contribution in [3.63, 3.8) is 0 Å². The normalized spacial score (nSPS) is 19.9. The number of nitrogens with zero attached hydrogens (tertiary/aromatic N) is 2. The van der Waals surface area contributed by atoms with E-state index in [0.29, 0.717) is 27.6 Å². The third kappa shape index (κ3) is 2.76. The molecule has 0 aliphatic carbocycles. The van der Waals surface area contributed by atoms with Crippen LogP contribution in [-0.4, -0.2) is 31.8 Å². The van der Waals surface area contributed by atoms with Gasteiger partial charge in [-0.1, -0.05) is 23.2 Å². The fraction of sp³-hybridized carbons (Fsp3) is 0.545. The number of methoxy groups -OCH3 is 1. The maximum absolute atomic E-state index is 6.13. The zero-order chi connectivity index (χ0) is 12.4. The molecule has 0 amide bonds. The van der Waals surface area contributed by atoms with Gasteiger partial charge in [0, 0.05) is 26.1 Å². The zero-order valence-electron chi connectivity index (χ0n) is 9.62. The van der Waals surface area contributed by atoms with E-state index in [2.05, 4.69) is 9.88 Å². The van der Waals surface area contributed by atoms with Gasteiger partial charge in [-0.25, -0.2) is 4.98 Å². The predicted molar refractivity (Wildman–Crippen MR) is 70.9 cm³/mol. The lowest BCUT2D eigenvalue weighted by Gasteiger charge is -2.19. The Kier molecular flexibility index (Phi) is 3.97. The number of ether oxygens (including phenoxy) is 1. The molecule has 0 aromatic carbocycles. The molecule has 1 aromatic heterocycles. The summed E-state index contributed by atoms with van der Waals surface area (Å²) in [4.78, 5) is 6.37. The van der Waals surface area contributed by atoms with Crippen molar-refractivity contribution in [2.75, 3.05) is 37.4 Å². The van der Waals surface area contributed by atoms with Crippen LogP contribution in [0.15, 0.2) is 6.07 Å². The van der Waals surface area contributed by atoms with Crippen molar-refractivity contribution < 1.29 is 4.74 Å². The van der Waals surface area contributed by atoms with E-state index in [1.54, 1.807) is 13.2 Å². The van der Waals surface area contributed by atoms with Gasteiger partial charge < -0.3 is 15.4 Å². The smallest absolute Gasteiger partial charge is 0.149 e. The Morgan fingerprint density at radius 1 is 1.53 bits per heavy atom. The Morgan fingerprint density at radius 3 is 3.00 bits per heavy atom. The fourth-order valence-electron chi connectivity index (χ4n) is 2.09. The molecule has 94 valence electrons. The number of nitrogens with two attached hydrogens (primary N) is 1. The summed E-state index contributed by atoms with van der Waals surface area (Å²) >= 11 is 12.0. The van der Waals surface area contributed by atoms with Crippen LogP contribution < -0.4 is 10.6 Å². The van der Waals surface area contributed by atoms with Crippen LogP contribution >= 0.6 is 23.2 Å². The first kappa shape index (κ1) is 12.7. The standard InChI is InChI=1S/C11H15Cl2N3O/c1-17-6-7-2-3-16(5-7)11-9(13)4-8(12)10(14)15-11/h4,7H,2-3,5-6H2,1H3,(H2,14,15). The molecule has 4 nitrogen and oxygen atoms in total. The molecule has 2 N–H and O–H groups in total. The van der Waals surface area contributed by atoms with E-state index in [9.17, 15) is 0 Å². The first-order valence-electron chi connectivity index (χ1n) is 5.47. The number of pyridine rings is 1. The van der Waals surface area contributed by atoms with Crippen molar-refractivity contribution in [1.82, 2.24) is 4.98 Å². The molecule has 2 heterocycles. The lowest BCUT2D eigenvalue weighted by atomic mass is 10.1. The van der Waals surface area contributed by atoms with E-state index < -0.39 is 0 Å². The molecule has 0 bridgehead atoms. The number of aromatic nitrogens is 1. The first-order valence-corrected chi connectivity index (χ1v) is 6.22. The summed E-state index contributed by atoms with van der Waals surface area (Å²) in [7, 11) is 1.72. The second kappa shape index (κ2) is 5.29. The summed E-state index contributed by atoms with van der Waals surface area (Å²) in [5.41, 5.74) is 5.70. The summed E-state index contributed by atoms with van der Waals surface area (Å²) in [5, 5.41) is 0.939. The maximum atomic E-state index is 6.13. The third-order valence-corrected chi connectivity index (χ3v) is 3.51. The largest absolute Gasteiger partial charge is 0.384 e. The van der Waals surface area contributed by atoms with Crippen LogP contribution in [-0.2, 0) is 4.74 Å². The average Bonchev–Trinajstić information content (AvgIpc) is 2.72. The van der Waals surface area contributed by atoms with Crippen molar-refractivity contribution in [1.29, 1.82) is 0 Å². The molecule has 1 aromatic rings. The van der Waals surface area contributed by atoms with Gasteiger partial charge in [0.15, 0.2) is 0 Å². The van der Waals surface area contributed by atoms with E-state index in [0.717, 1.165) is 26.1 Å². The highest BCUT2D eigenvalue weighted by Crippen LogP contribution is 2.32. The van der Waals surface area contributed by atoms with Gasteiger partial charge in [-0.15, -0.1) is 0 Å². The lowest BCUT2D eigenvalue weighted by molar-refractivity contribution is 0.161. The van der Waals surface area contributed by atoms with Crippen LogP contribution in [0.3, 0.4) is 0 Å². The lowest BCUT2D eigenvalue weighted by Crippen LogP contribution is -2.22. The monoisotopic (exact) mass is 275 g/mol. The van der Waals surface area contributed by atoms with Gasteiger partial charge >= 0.3 is 0 Å². The molecule has 1 saturated heterocycles. The molecule has 1 aliphatic heterocycles. The van der Waals surface area contributed by atoms with Gasteiger partial charge in [0.2, 0.25) is 0 Å². The van der Waals surface area contributed by atoms with Crippen LogP contribution in [0.1, 0.15) is 6.42 Å². The minimum Gasteiger partial charge on any atom is -0.384 e. The van der Waals surface area contributed by atoms with Crippen LogP contribution in [0.2, 0.25) is 10.0 Å². The number of halogens is 2. The molecule has 0 radical (unpaired) electrons. The molecule has 1 atom stereocenters. The highest BCUT2D eigenvalue weighted by Gasteiger charge is 2.25. The van der Waals surface area contributed by atoms with Crippen LogP contribution in [0.5, 0.6) is 0 Å². The summed E-state index contributed by atoms with van der Waals surface area (Å²) in [6.07, 6.45) is 1.08. The summed E-state index contributed by atoms with van der Waals surface area (Å²) < 4.78 is 5.16. The van der Waals surface area contributed by atoms with Crippen LogP contribution in [0.4, 0.5) is 11.6 Å². The second-order valence-corrected chi connectivity index (χ2v) is 5.03. The van der Waals surface area contributed by atoms with Crippen LogP contribution in [0, 0.1) is 5.92 Å². The Morgan fingerprint density at radius 2 is 2.29 bits per heavy atom. The summed E-state index contributed by atoms with van der Waals surface area (Å²) in [6, 6.07) is 1.64. The molecular weight excluding hydrogens is 261 g/mol. The predicted octanol–water partition coefficient (Wildman–Crippen LogP) is 2.44. The van der Waals surface area contributed by atoms with Gasteiger partial charge in [0.1, 0.15) is 11.6 Å². The molecule has 1 unspecified atom stereocenters. The van der Waals surface area contributed by atoms with Gasteiger partial charge in [-0.2, -0.15) is 0 Å². The van der Waals surface area contributed by atoms with Crippen molar-refractivity contribution in [2.45, 2.75) is 6.42 Å². The molecule has 17 heavy (non-hydrogen) atoms. The van der Waals surface area contributed by atoms with Crippen molar-refractivity contribution in [3.8, 4) is 0 Å². The topological polar surface area (TPSA) is 51.4 Å². The van der Waals surface area contributed by atoms with Crippen molar-refractivity contribution in [3.05, 3.63) is 16.1 Å². The minimum absolute atomic E-state index is 0.321. The number of hydrogen-bond donors (Lipinski definition) is 1. The molecule has 1 fully saturated rings. The van der Waals surface area contributed by atoms with Gasteiger partial charge in [-0.3, -0.25) is 0 Å². The highest BCUT2D eigenvalue weighted by atomic mass is 35.5. The molecule has 6 heteroatoms. The second-order valence-electron chi connectivity index (χ2n) is 4.22. The van der Waals surface area contributed by atoms with Gasteiger partial charge in [0.05, 0.1) is 16.7 Å². The van der Waals surface area contributed by atoms with E-state index in [-0.39, 0.29) is 0 Å². The molecule has 0 spiro atoms. The Labute approximate surface area is 111 Å². The summed E-state index contributed by atoms with van der Waals surface area (Å²) in [6.45, 7) is 2.57. The van der Waals surface area contributed by atoms with E-state index in [1.165, 1.54) is 0 Å². The van der Waals surface area contributed by atoms with Crippen LogP contribution in [0.25, 0.3) is 0 Å². The van der Waals surface area contributed by atoms with Gasteiger partial charge in [-0.05, 0) is 12.5 Å². The Bertz CT molecular complexity index is 414. The molecular formula is C11H15Cl2N3O. The molecule has 1 aliphatic rings. The average molecular weight is 276 g/mol. The Balaban J connectivity index is 2.16.